The van der Waals surface area contributed by atoms with Gasteiger partial charge in [-0.25, -0.2) is 4.98 Å². The molecule has 1 aromatic carbocycles. The summed E-state index contributed by atoms with van der Waals surface area (Å²) in [7, 11) is 3.95. The van der Waals surface area contributed by atoms with Crippen LogP contribution in [0.4, 0.5) is 0 Å². The van der Waals surface area contributed by atoms with Gasteiger partial charge in [0.1, 0.15) is 5.69 Å². The van der Waals surface area contributed by atoms with Crippen molar-refractivity contribution in [3.05, 3.63) is 75.8 Å². The van der Waals surface area contributed by atoms with Crippen molar-refractivity contribution in [1.29, 1.82) is 0 Å². The summed E-state index contributed by atoms with van der Waals surface area (Å²) in [4.78, 5) is 34.7. The summed E-state index contributed by atoms with van der Waals surface area (Å²) in [5.41, 5.74) is 3.34. The molecule has 30 heavy (non-hydrogen) atoms. The van der Waals surface area contributed by atoms with Crippen LogP contribution >= 0.6 is 0 Å². The first-order valence-corrected chi connectivity index (χ1v) is 10.5. The monoisotopic (exact) mass is 402 g/mol. The van der Waals surface area contributed by atoms with E-state index in [2.05, 4.69) is 11.1 Å². The number of fused-ring (bicyclic) bond motifs is 5. The molecule has 1 amide bonds. The molecule has 2 aliphatic heterocycles. The van der Waals surface area contributed by atoms with E-state index in [0.29, 0.717) is 37.8 Å². The van der Waals surface area contributed by atoms with Gasteiger partial charge < -0.3 is 14.4 Å². The standard InChI is InChI=1S/C24H26N4O2/c1-26(2)14-18-8-10-22-19-11-16(13-28(22)23(18)29)12-27(15-19)24(30)21-9-7-17-5-3-4-6-20(17)25-21/h3-10,16,19H,11-15H2,1-2H3/t16-,19+/m0/s1. The van der Waals surface area contributed by atoms with Gasteiger partial charge in [-0.1, -0.05) is 30.3 Å². The van der Waals surface area contributed by atoms with E-state index in [4.69, 9.17) is 0 Å². The van der Waals surface area contributed by atoms with Crippen molar-refractivity contribution < 1.29 is 4.79 Å². The van der Waals surface area contributed by atoms with Crippen molar-refractivity contribution in [1.82, 2.24) is 19.4 Å². The average molecular weight is 402 g/mol. The van der Waals surface area contributed by atoms with Crippen molar-refractivity contribution in [2.24, 2.45) is 5.92 Å². The molecule has 6 nitrogen and oxygen atoms in total. The van der Waals surface area contributed by atoms with E-state index in [1.165, 1.54) is 0 Å². The molecule has 0 N–H and O–H groups in total. The lowest BCUT2D eigenvalue weighted by molar-refractivity contribution is 0.0588. The topological polar surface area (TPSA) is 58.4 Å². The Bertz CT molecular complexity index is 1180. The number of para-hydroxylation sites is 1. The maximum Gasteiger partial charge on any atom is 0.272 e. The Morgan fingerprint density at radius 1 is 1.07 bits per heavy atom. The highest BCUT2D eigenvalue weighted by atomic mass is 16.2. The molecule has 2 aromatic heterocycles. The number of nitrogens with zero attached hydrogens (tertiary/aromatic N) is 4. The number of amides is 1. The summed E-state index contributed by atoms with van der Waals surface area (Å²) in [5.74, 6) is 0.478. The summed E-state index contributed by atoms with van der Waals surface area (Å²) < 4.78 is 1.95. The van der Waals surface area contributed by atoms with Crippen LogP contribution in [0.2, 0.25) is 0 Å². The zero-order chi connectivity index (χ0) is 20.8. The fourth-order valence-corrected chi connectivity index (χ4v) is 4.97. The lowest BCUT2D eigenvalue weighted by Crippen LogP contribution is -2.49. The Balaban J connectivity index is 1.42. The SMILES string of the molecule is CN(C)Cc1ccc2n(c1=O)C[C@H]1C[C@@H]2CN(C(=O)c2ccc3ccccc3n2)C1. The maximum absolute atomic E-state index is 13.2. The summed E-state index contributed by atoms with van der Waals surface area (Å²) in [6.45, 7) is 2.64. The van der Waals surface area contributed by atoms with Crippen LogP contribution in [-0.2, 0) is 13.1 Å². The maximum atomic E-state index is 13.2. The van der Waals surface area contributed by atoms with E-state index in [1.54, 1.807) is 0 Å². The predicted octanol–water partition coefficient (Wildman–Crippen LogP) is 2.72. The van der Waals surface area contributed by atoms with Gasteiger partial charge in [-0.15, -0.1) is 0 Å². The second-order valence-electron chi connectivity index (χ2n) is 8.83. The second kappa shape index (κ2) is 7.36. The Labute approximate surface area is 175 Å². The first kappa shape index (κ1) is 19.0. The number of hydrogen-bond acceptors (Lipinski definition) is 4. The van der Waals surface area contributed by atoms with Gasteiger partial charge in [-0.05, 0) is 44.6 Å². The normalized spacial score (nSPS) is 20.4. The highest BCUT2D eigenvalue weighted by Gasteiger charge is 2.37. The van der Waals surface area contributed by atoms with Crippen LogP contribution < -0.4 is 5.56 Å². The fraction of sp³-hybridized carbons (Fsp3) is 0.375. The number of likely N-dealkylation sites (tertiary alicyclic amines) is 1. The molecule has 4 heterocycles. The molecule has 0 saturated carbocycles. The Hall–Kier alpha value is -2.99. The molecular formula is C24H26N4O2. The van der Waals surface area contributed by atoms with Crippen LogP contribution in [0, 0.1) is 5.92 Å². The van der Waals surface area contributed by atoms with Crippen molar-refractivity contribution >= 4 is 16.8 Å². The molecule has 1 fully saturated rings. The molecule has 0 unspecified atom stereocenters. The summed E-state index contributed by atoms with van der Waals surface area (Å²) in [5, 5.41) is 1.03. The van der Waals surface area contributed by atoms with Crippen LogP contribution in [0.3, 0.4) is 0 Å². The molecule has 0 aliphatic carbocycles. The lowest BCUT2D eigenvalue weighted by Gasteiger charge is -2.42. The minimum atomic E-state index is -0.0181. The zero-order valence-corrected chi connectivity index (χ0v) is 17.4. The third-order valence-electron chi connectivity index (χ3n) is 6.27. The minimum Gasteiger partial charge on any atom is -0.336 e. The third kappa shape index (κ3) is 3.31. The van der Waals surface area contributed by atoms with Gasteiger partial charge >= 0.3 is 0 Å². The Morgan fingerprint density at radius 3 is 2.73 bits per heavy atom. The molecule has 154 valence electrons. The number of piperidine rings is 1. The van der Waals surface area contributed by atoms with Crippen LogP contribution in [0.5, 0.6) is 0 Å². The van der Waals surface area contributed by atoms with E-state index < -0.39 is 0 Å². The van der Waals surface area contributed by atoms with E-state index in [0.717, 1.165) is 28.6 Å². The van der Waals surface area contributed by atoms with Crippen LogP contribution in [0.25, 0.3) is 10.9 Å². The highest BCUT2D eigenvalue weighted by Crippen LogP contribution is 2.35. The fourth-order valence-electron chi connectivity index (χ4n) is 4.97. The number of carbonyl (C=O) groups excluding carboxylic acids is 1. The summed E-state index contributed by atoms with van der Waals surface area (Å²) >= 11 is 0. The van der Waals surface area contributed by atoms with E-state index >= 15 is 0 Å². The largest absolute Gasteiger partial charge is 0.336 e. The van der Waals surface area contributed by atoms with Crippen molar-refractivity contribution in [2.75, 3.05) is 27.2 Å². The van der Waals surface area contributed by atoms with Crippen molar-refractivity contribution in [3.63, 3.8) is 0 Å². The number of benzene rings is 1. The molecule has 2 atom stereocenters. The third-order valence-corrected chi connectivity index (χ3v) is 6.27. The molecule has 0 spiro atoms. The molecule has 2 aliphatic rings. The first-order chi connectivity index (χ1) is 14.5. The van der Waals surface area contributed by atoms with E-state index in [9.17, 15) is 9.59 Å². The molecule has 3 aromatic rings. The van der Waals surface area contributed by atoms with Gasteiger partial charge in [0.05, 0.1) is 5.52 Å². The molecule has 1 saturated heterocycles. The summed E-state index contributed by atoms with van der Waals surface area (Å²) in [6, 6.07) is 15.7. The minimum absolute atomic E-state index is 0.0181. The van der Waals surface area contributed by atoms with Gasteiger partial charge in [0.15, 0.2) is 0 Å². The molecule has 2 bridgehead atoms. The Kier molecular flexibility index (Phi) is 4.66. The van der Waals surface area contributed by atoms with E-state index in [1.807, 2.05) is 70.9 Å². The van der Waals surface area contributed by atoms with E-state index in [-0.39, 0.29) is 17.4 Å². The van der Waals surface area contributed by atoms with Gasteiger partial charge in [0.25, 0.3) is 11.5 Å². The summed E-state index contributed by atoms with van der Waals surface area (Å²) in [6.07, 6.45) is 1.03. The predicted molar refractivity (Wildman–Crippen MR) is 117 cm³/mol. The van der Waals surface area contributed by atoms with Crippen LogP contribution in [0.15, 0.2) is 53.3 Å². The van der Waals surface area contributed by atoms with Gasteiger partial charge in [-0.2, -0.15) is 0 Å². The molecule has 6 heteroatoms. The Morgan fingerprint density at radius 2 is 1.90 bits per heavy atom. The van der Waals surface area contributed by atoms with Crippen molar-refractivity contribution in [3.8, 4) is 0 Å². The molecule has 0 radical (unpaired) electrons. The number of rotatable bonds is 3. The quantitative estimate of drug-likeness (QED) is 0.676. The van der Waals surface area contributed by atoms with Gasteiger partial charge in [-0.3, -0.25) is 9.59 Å². The zero-order valence-electron chi connectivity index (χ0n) is 17.4. The number of aromatic nitrogens is 2. The highest BCUT2D eigenvalue weighted by molar-refractivity contribution is 5.95. The second-order valence-corrected chi connectivity index (χ2v) is 8.83. The number of carbonyl (C=O) groups is 1. The van der Waals surface area contributed by atoms with Gasteiger partial charge in [0.2, 0.25) is 0 Å². The lowest BCUT2D eigenvalue weighted by atomic mass is 9.83. The smallest absolute Gasteiger partial charge is 0.272 e. The average Bonchev–Trinajstić information content (AvgIpc) is 2.75. The van der Waals surface area contributed by atoms with Crippen molar-refractivity contribution in [2.45, 2.75) is 25.4 Å². The molecular weight excluding hydrogens is 376 g/mol. The number of pyridine rings is 2. The molecule has 5 rings (SSSR count). The van der Waals surface area contributed by atoms with Gasteiger partial charge in [0, 0.05) is 48.7 Å². The number of hydrogen-bond donors (Lipinski definition) is 0. The first-order valence-electron chi connectivity index (χ1n) is 10.5. The van der Waals surface area contributed by atoms with Crippen LogP contribution in [0.1, 0.15) is 34.1 Å². The van der Waals surface area contributed by atoms with Crippen LogP contribution in [-0.4, -0.2) is 52.4 Å².